The van der Waals surface area contributed by atoms with Crippen molar-refractivity contribution in [2.24, 2.45) is 5.73 Å². The largest absolute Gasteiger partial charge is 0.573 e. The first kappa shape index (κ1) is 29.8. The summed E-state index contributed by atoms with van der Waals surface area (Å²) < 4.78 is 47.5. The Labute approximate surface area is 242 Å². The fourth-order valence-corrected chi connectivity index (χ4v) is 4.68. The molecule has 3 N–H and O–H groups in total. The SMILES string of the molecule is Cc1nc2ccccc2cc1OCc1c(Cl)ccc(N(C)C(=O)C(NC(N)=O)c2ccc(OC(F)(F)F)cc2)c1Cl. The van der Waals surface area contributed by atoms with Crippen LogP contribution in [0.3, 0.4) is 0 Å². The number of halogens is 5. The summed E-state index contributed by atoms with van der Waals surface area (Å²) in [7, 11) is 1.41. The molecule has 4 aromatic rings. The number of rotatable bonds is 8. The third kappa shape index (κ3) is 7.11. The van der Waals surface area contributed by atoms with Gasteiger partial charge in [0.25, 0.3) is 5.91 Å². The molecule has 13 heteroatoms. The molecule has 214 valence electrons. The molecular formula is C28H23Cl2F3N4O4. The topological polar surface area (TPSA) is 107 Å². The number of primary amides is 1. The lowest BCUT2D eigenvalue weighted by Crippen LogP contribution is -2.43. The number of urea groups is 1. The number of para-hydroxylation sites is 1. The number of hydrogen-bond acceptors (Lipinski definition) is 5. The van der Waals surface area contributed by atoms with Crippen molar-refractivity contribution in [3.63, 3.8) is 0 Å². The molecule has 0 aliphatic carbocycles. The van der Waals surface area contributed by atoms with E-state index in [-0.39, 0.29) is 27.9 Å². The Morgan fingerprint density at radius 1 is 1.07 bits per heavy atom. The van der Waals surface area contributed by atoms with E-state index in [4.69, 9.17) is 33.7 Å². The molecular weight excluding hydrogens is 584 g/mol. The minimum absolute atomic E-state index is 0.0436. The standard InChI is InChI=1S/C28H23Cl2F3N4O4/c1-15-23(13-17-5-3-4-6-21(17)35-15)40-14-19-20(29)11-12-22(24(19)30)37(2)26(38)25(36-27(34)39)16-7-9-18(10-8-16)41-28(31,32)33/h3-13,25H,14H2,1-2H3,(H3,34,36,39). The molecule has 8 nitrogen and oxygen atoms in total. The van der Waals surface area contributed by atoms with Gasteiger partial charge in [-0.2, -0.15) is 0 Å². The number of aryl methyl sites for hydroxylation is 1. The van der Waals surface area contributed by atoms with E-state index in [9.17, 15) is 22.8 Å². The lowest BCUT2D eigenvalue weighted by atomic mass is 10.0. The molecule has 0 aliphatic rings. The maximum atomic E-state index is 13.5. The van der Waals surface area contributed by atoms with Gasteiger partial charge >= 0.3 is 12.4 Å². The van der Waals surface area contributed by atoms with Crippen LogP contribution < -0.4 is 25.4 Å². The monoisotopic (exact) mass is 606 g/mol. The molecule has 4 rings (SSSR count). The summed E-state index contributed by atoms with van der Waals surface area (Å²) >= 11 is 13.1. The van der Waals surface area contributed by atoms with Gasteiger partial charge in [0, 0.05) is 23.0 Å². The Morgan fingerprint density at radius 2 is 1.76 bits per heavy atom. The number of alkyl halides is 3. The number of fused-ring (bicyclic) bond motifs is 1. The number of aromatic nitrogens is 1. The number of hydrogen-bond donors (Lipinski definition) is 2. The van der Waals surface area contributed by atoms with E-state index in [0.717, 1.165) is 23.0 Å². The van der Waals surface area contributed by atoms with Crippen molar-refractivity contribution in [2.45, 2.75) is 25.9 Å². The fourth-order valence-electron chi connectivity index (χ4n) is 4.07. The van der Waals surface area contributed by atoms with Gasteiger partial charge in [-0.1, -0.05) is 53.5 Å². The highest BCUT2D eigenvalue weighted by molar-refractivity contribution is 6.38. The van der Waals surface area contributed by atoms with E-state index < -0.39 is 30.1 Å². The molecule has 1 heterocycles. The molecule has 1 aromatic heterocycles. The van der Waals surface area contributed by atoms with E-state index in [0.29, 0.717) is 17.0 Å². The Hall–Kier alpha value is -4.22. The molecule has 0 saturated carbocycles. The molecule has 41 heavy (non-hydrogen) atoms. The maximum Gasteiger partial charge on any atom is 0.573 e. The van der Waals surface area contributed by atoms with Crippen molar-refractivity contribution < 1.29 is 32.2 Å². The zero-order valence-corrected chi connectivity index (χ0v) is 23.1. The first-order valence-electron chi connectivity index (χ1n) is 12.0. The van der Waals surface area contributed by atoms with E-state index in [1.54, 1.807) is 0 Å². The number of pyridine rings is 1. The van der Waals surface area contributed by atoms with Crippen LogP contribution in [-0.2, 0) is 11.4 Å². The van der Waals surface area contributed by atoms with E-state index in [1.165, 1.54) is 36.2 Å². The highest BCUT2D eigenvalue weighted by Gasteiger charge is 2.32. The summed E-state index contributed by atoms with van der Waals surface area (Å²) in [5.41, 5.74) is 7.54. The molecule has 0 radical (unpaired) electrons. The van der Waals surface area contributed by atoms with Crippen LogP contribution in [0.1, 0.15) is 22.9 Å². The molecule has 3 amide bonds. The zero-order chi connectivity index (χ0) is 29.9. The third-order valence-corrected chi connectivity index (χ3v) is 6.85. The average molecular weight is 607 g/mol. The maximum absolute atomic E-state index is 13.5. The second-order valence-corrected chi connectivity index (χ2v) is 9.65. The van der Waals surface area contributed by atoms with Gasteiger partial charge in [0.05, 0.1) is 21.9 Å². The molecule has 0 saturated heterocycles. The molecule has 0 fully saturated rings. The van der Waals surface area contributed by atoms with E-state index in [1.807, 2.05) is 37.3 Å². The minimum Gasteiger partial charge on any atom is -0.487 e. The van der Waals surface area contributed by atoms with Gasteiger partial charge in [0.1, 0.15) is 24.1 Å². The second-order valence-electron chi connectivity index (χ2n) is 8.87. The molecule has 0 bridgehead atoms. The van der Waals surface area contributed by atoms with Crippen LogP contribution in [0.25, 0.3) is 10.9 Å². The van der Waals surface area contributed by atoms with Crippen LogP contribution in [0.5, 0.6) is 11.5 Å². The number of nitrogens with one attached hydrogen (secondary N) is 1. The summed E-state index contributed by atoms with van der Waals surface area (Å²) in [6, 6.07) is 14.5. The van der Waals surface area contributed by atoms with E-state index in [2.05, 4.69) is 15.0 Å². The van der Waals surface area contributed by atoms with Crippen molar-refractivity contribution in [1.29, 1.82) is 0 Å². The lowest BCUT2D eigenvalue weighted by molar-refractivity contribution is -0.274. The summed E-state index contributed by atoms with van der Waals surface area (Å²) in [5.74, 6) is -0.657. The highest BCUT2D eigenvalue weighted by Crippen LogP contribution is 2.36. The van der Waals surface area contributed by atoms with Crippen molar-refractivity contribution in [1.82, 2.24) is 10.3 Å². The van der Waals surface area contributed by atoms with Gasteiger partial charge < -0.3 is 25.4 Å². The first-order chi connectivity index (χ1) is 19.3. The Balaban J connectivity index is 1.59. The predicted octanol–water partition coefficient (Wildman–Crippen LogP) is 6.70. The summed E-state index contributed by atoms with van der Waals surface area (Å²) in [5, 5.41) is 3.60. The Bertz CT molecular complexity index is 1600. The lowest BCUT2D eigenvalue weighted by Gasteiger charge is -2.26. The van der Waals surface area contributed by atoms with Crippen LogP contribution >= 0.6 is 23.2 Å². The van der Waals surface area contributed by atoms with Gasteiger partial charge in [-0.15, -0.1) is 13.2 Å². The van der Waals surface area contributed by atoms with Crippen LogP contribution in [-0.4, -0.2) is 30.3 Å². The molecule has 3 aromatic carbocycles. The normalized spacial score (nSPS) is 12.1. The number of carbonyl (C=O) groups is 2. The average Bonchev–Trinajstić information content (AvgIpc) is 2.90. The van der Waals surface area contributed by atoms with Gasteiger partial charge in [0.15, 0.2) is 0 Å². The number of benzene rings is 3. The Morgan fingerprint density at radius 3 is 2.41 bits per heavy atom. The Kier molecular flexibility index (Phi) is 8.79. The number of nitrogens with two attached hydrogens (primary N) is 1. The van der Waals surface area contributed by atoms with Gasteiger partial charge in [-0.05, 0) is 48.9 Å². The van der Waals surface area contributed by atoms with Gasteiger partial charge in [0.2, 0.25) is 0 Å². The van der Waals surface area contributed by atoms with Crippen molar-refractivity contribution >= 4 is 51.7 Å². The van der Waals surface area contributed by atoms with Gasteiger partial charge in [-0.25, -0.2) is 9.78 Å². The number of amides is 3. The molecule has 1 atom stereocenters. The fraction of sp³-hybridized carbons (Fsp3) is 0.179. The molecule has 1 unspecified atom stereocenters. The third-order valence-electron chi connectivity index (χ3n) is 6.08. The van der Waals surface area contributed by atoms with Crippen LogP contribution in [0.2, 0.25) is 10.0 Å². The summed E-state index contributed by atoms with van der Waals surface area (Å²) in [6.07, 6.45) is -4.89. The van der Waals surface area contributed by atoms with Crippen LogP contribution in [0.15, 0.2) is 66.7 Å². The number of likely N-dealkylation sites (N-methyl/N-ethyl adjacent to an activating group) is 1. The minimum atomic E-state index is -4.89. The van der Waals surface area contributed by atoms with Crippen molar-refractivity contribution in [2.75, 3.05) is 11.9 Å². The number of nitrogens with zero attached hydrogens (tertiary/aromatic N) is 2. The number of ether oxygens (including phenoxy) is 2. The summed E-state index contributed by atoms with van der Waals surface area (Å²) in [4.78, 5) is 30.9. The quantitative estimate of drug-likeness (QED) is 0.232. The molecule has 0 spiro atoms. The van der Waals surface area contributed by atoms with Crippen LogP contribution in [0, 0.1) is 6.92 Å². The number of anilines is 1. The smallest absolute Gasteiger partial charge is 0.487 e. The van der Waals surface area contributed by atoms with Gasteiger partial charge in [-0.3, -0.25) is 4.79 Å². The van der Waals surface area contributed by atoms with Crippen molar-refractivity contribution in [3.8, 4) is 11.5 Å². The van der Waals surface area contributed by atoms with Crippen molar-refractivity contribution in [3.05, 3.63) is 93.6 Å². The van der Waals surface area contributed by atoms with E-state index >= 15 is 0 Å². The predicted molar refractivity (Wildman–Crippen MR) is 149 cm³/mol. The molecule has 0 aliphatic heterocycles. The number of carbonyl (C=O) groups excluding carboxylic acids is 2. The van der Waals surface area contributed by atoms with Crippen LogP contribution in [0.4, 0.5) is 23.7 Å². The zero-order valence-electron chi connectivity index (χ0n) is 21.6. The summed E-state index contributed by atoms with van der Waals surface area (Å²) in [6.45, 7) is 1.76. The second kappa shape index (κ2) is 12.1. The highest BCUT2D eigenvalue weighted by atomic mass is 35.5. The first-order valence-corrected chi connectivity index (χ1v) is 12.7.